The van der Waals surface area contributed by atoms with Crippen LogP contribution in [-0.2, 0) is 0 Å². The van der Waals surface area contributed by atoms with E-state index in [2.05, 4.69) is 101 Å². The number of hydrogen-bond donors (Lipinski definition) is 0. The average molecular weight is 425 g/mol. The van der Waals surface area contributed by atoms with Gasteiger partial charge in [-0.2, -0.15) is 5.26 Å². The summed E-state index contributed by atoms with van der Waals surface area (Å²) < 4.78 is 18.2. The van der Waals surface area contributed by atoms with E-state index in [1.54, 1.807) is 6.07 Å². The Kier molecular flexibility index (Phi) is 5.24. The first kappa shape index (κ1) is 18.8. The number of nitriles is 1. The summed E-state index contributed by atoms with van der Waals surface area (Å²) in [5, 5.41) is 65.5. The van der Waals surface area contributed by atoms with Crippen molar-refractivity contribution in [1.82, 2.24) is 41.3 Å². The summed E-state index contributed by atoms with van der Waals surface area (Å²) >= 11 is 0. The van der Waals surface area contributed by atoms with Gasteiger partial charge in [-0.25, -0.2) is 18.5 Å². The van der Waals surface area contributed by atoms with Gasteiger partial charge in [0.15, 0.2) is 0 Å². The molecule has 4 aromatic rings. The molecule has 0 N–H and O–H groups in total. The van der Waals surface area contributed by atoms with Gasteiger partial charge in [0.05, 0.1) is 6.07 Å². The van der Waals surface area contributed by atoms with E-state index in [0.717, 1.165) is 0 Å². The Bertz CT molecular complexity index is 1060. The number of azo groups is 4. The minimum atomic E-state index is -0.135. The Balaban J connectivity index is 0.000000730. The van der Waals surface area contributed by atoms with E-state index in [9.17, 15) is 0 Å². The number of fused-ring (bicyclic) bond motifs is 4. The highest BCUT2D eigenvalue weighted by atomic mass is 16.6. The van der Waals surface area contributed by atoms with E-state index >= 15 is 0 Å². The Hall–Kier alpha value is -5.55. The third kappa shape index (κ3) is 4.16. The standard InChI is InChI=1S/C8N16O4.C2H3N/c9-1-2(18-25-17-1)10-12-5-6(22-27-21-5)14-16-8-7(23-28-24-8)15-13-4-3(11-9)19-26-20-4;1-2-3/h;1H3. The Morgan fingerprint density at radius 1 is 0.419 bits per heavy atom. The van der Waals surface area contributed by atoms with Gasteiger partial charge in [0.25, 0.3) is 46.5 Å². The molecule has 0 atom stereocenters. The molecule has 0 radical (unpaired) electrons. The van der Waals surface area contributed by atoms with Crippen LogP contribution in [0.5, 0.6) is 0 Å². The summed E-state index contributed by atoms with van der Waals surface area (Å²) in [6.45, 7) is 1.43. The van der Waals surface area contributed by atoms with Gasteiger partial charge in [-0.3, -0.25) is 0 Å². The molecule has 4 aromatic heterocycles. The van der Waals surface area contributed by atoms with Gasteiger partial charge in [-0.15, -0.1) is 40.9 Å². The maximum Gasteiger partial charge on any atom is 0.265 e. The summed E-state index contributed by atoms with van der Waals surface area (Å²) in [4.78, 5) is 0. The average Bonchev–Trinajstić information content (AvgIpc) is 3.56. The number of rotatable bonds is 0. The monoisotopic (exact) mass is 425 g/mol. The second kappa shape index (κ2) is 8.64. The van der Waals surface area contributed by atoms with Gasteiger partial charge in [-0.05, 0) is 41.3 Å². The molecule has 31 heavy (non-hydrogen) atoms. The Morgan fingerprint density at radius 2 is 0.548 bits per heavy atom. The quantitative estimate of drug-likeness (QED) is 0.342. The molecule has 0 saturated carbocycles. The summed E-state index contributed by atoms with van der Waals surface area (Å²) in [5.41, 5.74) is 0. The van der Waals surface area contributed by atoms with Crippen LogP contribution in [0.3, 0.4) is 0 Å². The van der Waals surface area contributed by atoms with Crippen LogP contribution >= 0.6 is 0 Å². The molecule has 5 rings (SSSR count). The van der Waals surface area contributed by atoms with E-state index in [-0.39, 0.29) is 46.5 Å². The fraction of sp³-hybridized carbons (Fsp3) is 0.100. The van der Waals surface area contributed by atoms with E-state index in [4.69, 9.17) is 5.26 Å². The zero-order valence-electron chi connectivity index (χ0n) is 14.7. The van der Waals surface area contributed by atoms with Gasteiger partial charge in [0, 0.05) is 6.92 Å². The SMILES string of the molecule is CC#N.N1=Nc2nonc2N=Nc2nonc2N=Nc2nonc2N=Nc2nonc21. The Morgan fingerprint density at radius 3 is 0.677 bits per heavy atom. The first-order chi connectivity index (χ1) is 15.3. The molecule has 152 valence electrons. The molecule has 0 aliphatic carbocycles. The number of hydrogen-bond acceptors (Lipinski definition) is 21. The predicted octanol–water partition coefficient (Wildman–Crippen LogP) is 3.72. The molecule has 5 heterocycles. The van der Waals surface area contributed by atoms with Crippen LogP contribution in [0.25, 0.3) is 0 Å². The van der Waals surface area contributed by atoms with Gasteiger partial charge < -0.3 is 0 Å². The van der Waals surface area contributed by atoms with Crippen molar-refractivity contribution in [2.75, 3.05) is 0 Å². The Labute approximate surface area is 166 Å². The first-order valence-corrected chi connectivity index (χ1v) is 7.56. The van der Waals surface area contributed by atoms with Crippen molar-refractivity contribution in [3.05, 3.63) is 0 Å². The van der Waals surface area contributed by atoms with Crippen LogP contribution in [0, 0.1) is 11.3 Å². The molecule has 0 amide bonds. The summed E-state index contributed by atoms with van der Waals surface area (Å²) in [6, 6.07) is 1.75. The van der Waals surface area contributed by atoms with Crippen molar-refractivity contribution in [3.63, 3.8) is 0 Å². The third-order valence-electron chi connectivity index (χ3n) is 2.78. The molecule has 0 spiro atoms. The smallest absolute Gasteiger partial charge is 0.240 e. The lowest BCUT2D eigenvalue weighted by Gasteiger charge is -1.87. The minimum Gasteiger partial charge on any atom is -0.240 e. The molecule has 0 unspecified atom stereocenters. The molecule has 1 aliphatic heterocycles. The largest absolute Gasteiger partial charge is 0.265 e. The second-order valence-corrected chi connectivity index (χ2v) is 4.67. The highest BCUT2D eigenvalue weighted by molar-refractivity contribution is 5.54. The van der Waals surface area contributed by atoms with Crippen molar-refractivity contribution in [2.24, 2.45) is 40.9 Å². The second-order valence-electron chi connectivity index (χ2n) is 4.67. The minimum absolute atomic E-state index is 0.135. The van der Waals surface area contributed by atoms with Gasteiger partial charge in [0.2, 0.25) is 0 Å². The molecule has 0 aromatic carbocycles. The van der Waals surface area contributed by atoms with Crippen LogP contribution in [-0.4, -0.2) is 41.3 Å². The van der Waals surface area contributed by atoms with E-state index < -0.39 is 0 Å². The van der Waals surface area contributed by atoms with Crippen LogP contribution in [0.2, 0.25) is 0 Å². The fourth-order valence-corrected chi connectivity index (χ4v) is 1.60. The highest BCUT2D eigenvalue weighted by Gasteiger charge is 2.16. The summed E-state index contributed by atoms with van der Waals surface area (Å²) in [7, 11) is 0. The predicted molar refractivity (Wildman–Crippen MR) is 85.2 cm³/mol. The first-order valence-electron chi connectivity index (χ1n) is 7.56. The van der Waals surface area contributed by atoms with Crippen LogP contribution in [0.4, 0.5) is 46.5 Å². The third-order valence-corrected chi connectivity index (χ3v) is 2.78. The molecule has 1 aliphatic rings. The van der Waals surface area contributed by atoms with Crippen molar-refractivity contribution in [1.29, 1.82) is 5.26 Å². The molecule has 21 nitrogen and oxygen atoms in total. The number of aromatic nitrogens is 8. The summed E-state index contributed by atoms with van der Waals surface area (Å²) in [5.74, 6) is -1.08. The van der Waals surface area contributed by atoms with Crippen molar-refractivity contribution >= 4 is 46.5 Å². The maximum absolute atomic E-state index is 7.32. The zero-order chi connectivity index (χ0) is 21.5. The van der Waals surface area contributed by atoms with Gasteiger partial charge >= 0.3 is 0 Å². The molecule has 21 heteroatoms. The van der Waals surface area contributed by atoms with E-state index in [1.165, 1.54) is 6.92 Å². The van der Waals surface area contributed by atoms with E-state index in [0.29, 0.717) is 0 Å². The number of nitrogens with zero attached hydrogens (tertiary/aromatic N) is 17. The van der Waals surface area contributed by atoms with Gasteiger partial charge in [-0.1, -0.05) is 0 Å². The highest BCUT2D eigenvalue weighted by Crippen LogP contribution is 2.33. The van der Waals surface area contributed by atoms with Crippen molar-refractivity contribution < 1.29 is 18.5 Å². The molecule has 0 saturated heterocycles. The molecular weight excluding hydrogens is 422 g/mol. The van der Waals surface area contributed by atoms with Crippen LogP contribution in [0.1, 0.15) is 6.92 Å². The van der Waals surface area contributed by atoms with E-state index in [1.807, 2.05) is 0 Å². The van der Waals surface area contributed by atoms with Crippen LogP contribution < -0.4 is 0 Å². The lowest BCUT2D eigenvalue weighted by Crippen LogP contribution is -1.69. The lowest BCUT2D eigenvalue weighted by atomic mass is 10.6. The molecule has 0 fully saturated rings. The van der Waals surface area contributed by atoms with Crippen molar-refractivity contribution in [3.8, 4) is 6.07 Å². The molecule has 0 bridgehead atoms. The van der Waals surface area contributed by atoms with Crippen molar-refractivity contribution in [2.45, 2.75) is 6.92 Å². The van der Waals surface area contributed by atoms with Gasteiger partial charge in [0.1, 0.15) is 0 Å². The fourth-order valence-electron chi connectivity index (χ4n) is 1.60. The lowest BCUT2D eigenvalue weighted by molar-refractivity contribution is 0.307. The normalized spacial score (nSPS) is 12.1. The van der Waals surface area contributed by atoms with Crippen LogP contribution in [0.15, 0.2) is 59.4 Å². The molecular formula is C10H3N17O4. The zero-order valence-corrected chi connectivity index (χ0v) is 14.7. The summed E-state index contributed by atoms with van der Waals surface area (Å²) in [6.07, 6.45) is 0. The topological polar surface area (TPSA) is 278 Å². The maximum atomic E-state index is 7.32.